The van der Waals surface area contributed by atoms with Gasteiger partial charge in [0.25, 0.3) is 0 Å². The molecule has 2 atom stereocenters. The first-order valence-electron chi connectivity index (χ1n) is 6.22. The quantitative estimate of drug-likeness (QED) is 0.686. The van der Waals surface area contributed by atoms with E-state index in [0.29, 0.717) is 11.5 Å². The van der Waals surface area contributed by atoms with Gasteiger partial charge in [0.05, 0.1) is 13.3 Å². The molecule has 2 aliphatic rings. The summed E-state index contributed by atoms with van der Waals surface area (Å²) in [6.45, 7) is 8.97. The summed E-state index contributed by atoms with van der Waals surface area (Å²) in [4.78, 5) is 2.48. The highest BCUT2D eigenvalue weighted by molar-refractivity contribution is 7.80. The Hall–Kier alpha value is -0.350. The lowest BCUT2D eigenvalue weighted by atomic mass is 9.70. The lowest BCUT2D eigenvalue weighted by molar-refractivity contribution is 0.0579. The molecular formula is C12H23N3S. The van der Waals surface area contributed by atoms with Crippen LogP contribution in [0.2, 0.25) is 0 Å². The topological polar surface area (TPSA) is 27.3 Å². The summed E-state index contributed by atoms with van der Waals surface area (Å²) in [5, 5.41) is 7.23. The molecule has 16 heavy (non-hydrogen) atoms. The zero-order valence-electron chi connectivity index (χ0n) is 10.5. The molecule has 1 aliphatic carbocycles. The van der Waals surface area contributed by atoms with Crippen LogP contribution < -0.4 is 10.6 Å². The molecular weight excluding hydrogens is 218 g/mol. The van der Waals surface area contributed by atoms with Crippen LogP contribution in [0.1, 0.15) is 40.0 Å². The van der Waals surface area contributed by atoms with Gasteiger partial charge < -0.3 is 10.6 Å². The molecule has 0 aromatic rings. The maximum atomic E-state index is 5.08. The van der Waals surface area contributed by atoms with Crippen molar-refractivity contribution in [3.8, 4) is 0 Å². The maximum absolute atomic E-state index is 5.08. The first-order valence-corrected chi connectivity index (χ1v) is 6.63. The summed E-state index contributed by atoms with van der Waals surface area (Å²) in [5.74, 6) is 0.836. The average Bonchev–Trinajstić information content (AvgIpc) is 2.15. The average molecular weight is 241 g/mol. The first-order chi connectivity index (χ1) is 7.46. The molecule has 1 heterocycles. The molecule has 0 spiro atoms. The van der Waals surface area contributed by atoms with Crippen LogP contribution in [0.5, 0.6) is 0 Å². The highest BCUT2D eigenvalue weighted by atomic mass is 32.1. The van der Waals surface area contributed by atoms with Crippen molar-refractivity contribution >= 4 is 17.3 Å². The molecule has 0 amide bonds. The molecule has 0 bridgehead atoms. The van der Waals surface area contributed by atoms with Gasteiger partial charge in [-0.15, -0.1) is 0 Å². The Bertz CT molecular complexity index is 267. The Morgan fingerprint density at radius 3 is 2.44 bits per heavy atom. The highest BCUT2D eigenvalue weighted by Crippen LogP contribution is 2.40. The molecule has 0 aromatic carbocycles. The van der Waals surface area contributed by atoms with Gasteiger partial charge in [0, 0.05) is 6.04 Å². The van der Waals surface area contributed by atoms with Crippen molar-refractivity contribution in [2.75, 3.05) is 13.3 Å². The van der Waals surface area contributed by atoms with Crippen molar-refractivity contribution in [2.45, 2.75) is 46.1 Å². The summed E-state index contributed by atoms with van der Waals surface area (Å²) < 4.78 is 0. The summed E-state index contributed by atoms with van der Waals surface area (Å²) in [7, 11) is 0. The Kier molecular flexibility index (Phi) is 3.40. The number of nitrogens with one attached hydrogen (secondary N) is 2. The van der Waals surface area contributed by atoms with Crippen LogP contribution in [-0.2, 0) is 0 Å². The fourth-order valence-corrected chi connectivity index (χ4v) is 3.43. The van der Waals surface area contributed by atoms with Crippen LogP contribution in [0.25, 0.3) is 0 Å². The van der Waals surface area contributed by atoms with E-state index in [2.05, 4.69) is 36.3 Å². The minimum atomic E-state index is 0.486. The van der Waals surface area contributed by atoms with E-state index in [1.54, 1.807) is 0 Å². The van der Waals surface area contributed by atoms with E-state index < -0.39 is 0 Å². The summed E-state index contributed by atoms with van der Waals surface area (Å²) in [5.41, 5.74) is 0.486. The van der Waals surface area contributed by atoms with E-state index in [4.69, 9.17) is 12.2 Å². The predicted molar refractivity (Wildman–Crippen MR) is 71.0 cm³/mol. The van der Waals surface area contributed by atoms with Crippen LogP contribution in [0, 0.1) is 11.3 Å². The number of hydrogen-bond acceptors (Lipinski definition) is 2. The third-order valence-corrected chi connectivity index (χ3v) is 4.05. The normalized spacial score (nSPS) is 35.3. The molecule has 2 N–H and O–H groups in total. The fraction of sp³-hybridized carbons (Fsp3) is 0.917. The highest BCUT2D eigenvalue weighted by Gasteiger charge is 2.35. The van der Waals surface area contributed by atoms with E-state index in [-0.39, 0.29) is 0 Å². The van der Waals surface area contributed by atoms with E-state index in [9.17, 15) is 0 Å². The summed E-state index contributed by atoms with van der Waals surface area (Å²) in [6, 6.07) is 0.696. The Balaban J connectivity index is 1.96. The molecule has 2 fully saturated rings. The smallest absolute Gasteiger partial charge is 0.168 e. The van der Waals surface area contributed by atoms with Crippen LogP contribution in [0.15, 0.2) is 0 Å². The SMILES string of the molecule is C[C@@H]1C[C@@H](N2CNC(=S)NC2)CC(C)(C)C1. The van der Waals surface area contributed by atoms with Gasteiger partial charge >= 0.3 is 0 Å². The first kappa shape index (κ1) is 12.1. The van der Waals surface area contributed by atoms with E-state index in [1.807, 2.05) is 0 Å². The van der Waals surface area contributed by atoms with Crippen LogP contribution >= 0.6 is 12.2 Å². The standard InChI is InChI=1S/C12H23N3S/c1-9-4-10(6-12(2,3)5-9)15-7-13-11(16)14-8-15/h9-10H,4-8H2,1-3H3,(H2,13,14,16)/t9-,10-/m1/s1. The van der Waals surface area contributed by atoms with Crippen molar-refractivity contribution in [1.29, 1.82) is 0 Å². The van der Waals surface area contributed by atoms with E-state index in [1.165, 1.54) is 19.3 Å². The lowest BCUT2D eigenvalue weighted by Gasteiger charge is -2.45. The van der Waals surface area contributed by atoms with Crippen LogP contribution in [0.4, 0.5) is 0 Å². The molecule has 0 radical (unpaired) electrons. The molecule has 4 heteroatoms. The fourth-order valence-electron chi connectivity index (χ4n) is 3.30. The third kappa shape index (κ3) is 2.86. The number of hydrogen-bond donors (Lipinski definition) is 2. The van der Waals surface area contributed by atoms with E-state index >= 15 is 0 Å². The van der Waals surface area contributed by atoms with Crippen molar-refractivity contribution in [2.24, 2.45) is 11.3 Å². The second-order valence-corrected chi connectivity index (χ2v) is 6.56. The van der Waals surface area contributed by atoms with Gasteiger partial charge in [0.15, 0.2) is 5.11 Å². The van der Waals surface area contributed by atoms with Gasteiger partial charge in [-0.25, -0.2) is 0 Å². The second-order valence-electron chi connectivity index (χ2n) is 6.15. The Morgan fingerprint density at radius 2 is 1.88 bits per heavy atom. The van der Waals surface area contributed by atoms with Gasteiger partial charge in [-0.2, -0.15) is 0 Å². The predicted octanol–water partition coefficient (Wildman–Crippen LogP) is 1.90. The second kappa shape index (κ2) is 4.49. The minimum Gasteiger partial charge on any atom is -0.350 e. The summed E-state index contributed by atoms with van der Waals surface area (Å²) >= 11 is 5.08. The van der Waals surface area contributed by atoms with E-state index in [0.717, 1.165) is 24.4 Å². The lowest BCUT2D eigenvalue weighted by Crippen LogP contribution is -2.58. The monoisotopic (exact) mass is 241 g/mol. The zero-order valence-corrected chi connectivity index (χ0v) is 11.4. The van der Waals surface area contributed by atoms with Gasteiger partial charge in [-0.3, -0.25) is 4.90 Å². The Labute approximate surface area is 104 Å². The van der Waals surface area contributed by atoms with Gasteiger partial charge in [0.2, 0.25) is 0 Å². The van der Waals surface area contributed by atoms with Crippen molar-refractivity contribution in [1.82, 2.24) is 15.5 Å². The third-order valence-electron chi connectivity index (χ3n) is 3.77. The molecule has 0 unspecified atom stereocenters. The van der Waals surface area contributed by atoms with Crippen LogP contribution in [-0.4, -0.2) is 29.4 Å². The van der Waals surface area contributed by atoms with Gasteiger partial charge in [-0.1, -0.05) is 20.8 Å². The molecule has 1 aliphatic heterocycles. The zero-order chi connectivity index (χ0) is 11.8. The van der Waals surface area contributed by atoms with Crippen molar-refractivity contribution in [3.63, 3.8) is 0 Å². The molecule has 1 saturated heterocycles. The molecule has 0 aromatic heterocycles. The molecule has 92 valence electrons. The maximum Gasteiger partial charge on any atom is 0.168 e. The molecule has 2 rings (SSSR count). The van der Waals surface area contributed by atoms with Crippen molar-refractivity contribution in [3.05, 3.63) is 0 Å². The number of nitrogens with zero attached hydrogens (tertiary/aromatic N) is 1. The molecule has 1 saturated carbocycles. The number of thiocarbonyl (C=S) groups is 1. The van der Waals surface area contributed by atoms with Crippen LogP contribution in [0.3, 0.4) is 0 Å². The molecule has 3 nitrogen and oxygen atoms in total. The van der Waals surface area contributed by atoms with Gasteiger partial charge in [0.1, 0.15) is 0 Å². The van der Waals surface area contributed by atoms with Gasteiger partial charge in [-0.05, 0) is 42.8 Å². The number of rotatable bonds is 1. The Morgan fingerprint density at radius 1 is 1.25 bits per heavy atom. The summed E-state index contributed by atoms with van der Waals surface area (Å²) in [6.07, 6.45) is 3.98. The largest absolute Gasteiger partial charge is 0.350 e. The minimum absolute atomic E-state index is 0.486. The van der Waals surface area contributed by atoms with Crippen molar-refractivity contribution < 1.29 is 0 Å².